The molecule has 1 atom stereocenters. The molecule has 1 N–H and O–H groups in total. The van der Waals surface area contributed by atoms with Gasteiger partial charge in [0.2, 0.25) is 11.8 Å². The molecule has 1 heterocycles. The fourth-order valence-electron chi connectivity index (χ4n) is 3.91. The van der Waals surface area contributed by atoms with Gasteiger partial charge in [-0.05, 0) is 25.0 Å². The van der Waals surface area contributed by atoms with Gasteiger partial charge in [0.15, 0.2) is 0 Å². The molecule has 6 nitrogen and oxygen atoms in total. The van der Waals surface area contributed by atoms with Gasteiger partial charge in [-0.2, -0.15) is 13.2 Å². The van der Waals surface area contributed by atoms with E-state index < -0.39 is 43.9 Å². The Bertz CT molecular complexity index is 699. The van der Waals surface area contributed by atoms with Crippen LogP contribution in [0, 0.1) is 0 Å². The van der Waals surface area contributed by atoms with Crippen LogP contribution < -0.4 is 4.90 Å². The first kappa shape index (κ1) is 23.0. The lowest BCUT2D eigenvalue weighted by molar-refractivity contribution is -0.163. The minimum atomic E-state index is -4.58. The molecule has 1 aromatic rings. The van der Waals surface area contributed by atoms with E-state index in [-0.39, 0.29) is 12.6 Å². The van der Waals surface area contributed by atoms with Gasteiger partial charge in [-0.15, -0.1) is 0 Å². The van der Waals surface area contributed by atoms with Crippen LogP contribution in [-0.4, -0.2) is 71.3 Å². The Morgan fingerprint density at radius 3 is 2.41 bits per heavy atom. The van der Waals surface area contributed by atoms with E-state index in [2.05, 4.69) is 0 Å². The second-order valence-corrected chi connectivity index (χ2v) is 7.20. The normalized spacial score (nSPS) is 19.7. The Labute approximate surface area is 168 Å². The van der Waals surface area contributed by atoms with Crippen molar-refractivity contribution in [3.05, 3.63) is 30.3 Å². The van der Waals surface area contributed by atoms with Crippen molar-refractivity contribution in [3.8, 4) is 0 Å². The van der Waals surface area contributed by atoms with Gasteiger partial charge in [-0.1, -0.05) is 38.5 Å². The molecule has 2 amide bonds. The molecule has 0 saturated carbocycles. The minimum Gasteiger partial charge on any atom is -0.395 e. The van der Waals surface area contributed by atoms with Gasteiger partial charge in [-0.3, -0.25) is 9.59 Å². The smallest absolute Gasteiger partial charge is 0.395 e. The molecule has 9 heteroatoms. The lowest BCUT2D eigenvalue weighted by atomic mass is 9.88. The van der Waals surface area contributed by atoms with Crippen LogP contribution in [0.4, 0.5) is 18.9 Å². The fourth-order valence-corrected chi connectivity index (χ4v) is 3.91. The highest BCUT2D eigenvalue weighted by molar-refractivity contribution is 5.96. The van der Waals surface area contributed by atoms with E-state index in [1.807, 2.05) is 49.1 Å². The number of hydrogen-bond donors (Lipinski definition) is 1. The molecule has 1 aromatic carbocycles. The van der Waals surface area contributed by atoms with Crippen LogP contribution in [0.25, 0.3) is 0 Å². The summed E-state index contributed by atoms with van der Waals surface area (Å²) in [5.41, 5.74) is -0.00372. The second-order valence-electron chi connectivity index (χ2n) is 7.20. The molecule has 1 aliphatic rings. The van der Waals surface area contributed by atoms with Crippen LogP contribution in [0.1, 0.15) is 33.1 Å². The van der Waals surface area contributed by atoms with Crippen LogP contribution in [0.15, 0.2) is 30.3 Å². The van der Waals surface area contributed by atoms with E-state index in [1.165, 1.54) is 4.90 Å². The molecule has 1 aliphatic heterocycles. The summed E-state index contributed by atoms with van der Waals surface area (Å²) in [4.78, 5) is 29.6. The van der Waals surface area contributed by atoms with Crippen molar-refractivity contribution in [3.63, 3.8) is 0 Å². The number of alkyl halides is 3. The lowest BCUT2D eigenvalue weighted by Gasteiger charge is -2.36. The minimum absolute atomic E-state index is 0.126. The lowest BCUT2D eigenvalue weighted by Crippen LogP contribution is -2.50. The van der Waals surface area contributed by atoms with E-state index in [0.29, 0.717) is 17.7 Å². The van der Waals surface area contributed by atoms with Crippen molar-refractivity contribution >= 4 is 17.5 Å². The highest BCUT2D eigenvalue weighted by Crippen LogP contribution is 2.37. The molecule has 162 valence electrons. The summed E-state index contributed by atoms with van der Waals surface area (Å²) in [6.07, 6.45) is -2.74. The number of anilines is 1. The summed E-state index contributed by atoms with van der Waals surface area (Å²) in [6.45, 7) is 1.07. The number of amides is 2. The molecular weight excluding hydrogens is 387 g/mol. The van der Waals surface area contributed by atoms with Crippen molar-refractivity contribution < 1.29 is 27.9 Å². The summed E-state index contributed by atoms with van der Waals surface area (Å²) in [5.74, 6) is -1.09. The Morgan fingerprint density at radius 2 is 1.90 bits per heavy atom. The van der Waals surface area contributed by atoms with Crippen LogP contribution in [-0.2, 0) is 9.59 Å². The van der Waals surface area contributed by atoms with Gasteiger partial charge in [0.25, 0.3) is 0 Å². The van der Waals surface area contributed by atoms with E-state index in [4.69, 9.17) is 5.11 Å². The number of hydrogen-bond acceptors (Lipinski definition) is 4. The Kier molecular flexibility index (Phi) is 7.51. The van der Waals surface area contributed by atoms with Gasteiger partial charge >= 0.3 is 6.18 Å². The first-order chi connectivity index (χ1) is 13.7. The second kappa shape index (κ2) is 9.47. The number of nitrogens with zero attached hydrogens (tertiary/aromatic N) is 3. The number of aliphatic hydroxyl groups excluding tert-OH is 1. The standard InChI is InChI=1S/C20H28F3N3O3/c1-3-10-19(4-2)18(29)25(15-26(19)16-8-6-5-7-9-16)13-17(28)24(11-12-27)14-20(21,22)23/h5-9,27H,3-4,10-15H2,1-2H3. The van der Waals surface area contributed by atoms with E-state index in [0.717, 1.165) is 12.1 Å². The molecule has 1 saturated heterocycles. The summed E-state index contributed by atoms with van der Waals surface area (Å²) < 4.78 is 38.3. The maximum atomic E-state index is 13.3. The van der Waals surface area contributed by atoms with E-state index in [1.54, 1.807) is 0 Å². The number of para-hydroxylation sites is 1. The van der Waals surface area contributed by atoms with Crippen LogP contribution in [0.3, 0.4) is 0 Å². The molecule has 0 radical (unpaired) electrons. The molecule has 0 aromatic heterocycles. The van der Waals surface area contributed by atoms with Crippen LogP contribution in [0.5, 0.6) is 0 Å². The SMILES string of the molecule is CCCC1(CC)C(=O)N(CC(=O)N(CCO)CC(F)(F)F)CN1c1ccccc1. The molecule has 0 bridgehead atoms. The highest BCUT2D eigenvalue weighted by atomic mass is 19.4. The summed E-state index contributed by atoms with van der Waals surface area (Å²) in [7, 11) is 0. The van der Waals surface area contributed by atoms with E-state index in [9.17, 15) is 22.8 Å². The molecule has 2 rings (SSSR count). The van der Waals surface area contributed by atoms with Gasteiger partial charge < -0.3 is 19.8 Å². The van der Waals surface area contributed by atoms with Crippen molar-refractivity contribution in [1.82, 2.24) is 9.80 Å². The Balaban J connectivity index is 2.27. The number of carbonyl (C=O) groups excluding carboxylic acids is 2. The zero-order valence-corrected chi connectivity index (χ0v) is 16.8. The number of benzene rings is 1. The third kappa shape index (κ3) is 5.20. The highest BCUT2D eigenvalue weighted by Gasteiger charge is 2.51. The van der Waals surface area contributed by atoms with Crippen LogP contribution in [0.2, 0.25) is 0 Å². The average molecular weight is 415 g/mol. The Hall–Kier alpha value is -2.29. The van der Waals surface area contributed by atoms with Crippen LogP contribution >= 0.6 is 0 Å². The van der Waals surface area contributed by atoms with E-state index >= 15 is 0 Å². The first-order valence-corrected chi connectivity index (χ1v) is 9.76. The third-order valence-corrected chi connectivity index (χ3v) is 5.25. The molecule has 29 heavy (non-hydrogen) atoms. The molecule has 1 fully saturated rings. The zero-order valence-electron chi connectivity index (χ0n) is 16.8. The third-order valence-electron chi connectivity index (χ3n) is 5.25. The predicted molar refractivity (Wildman–Crippen MR) is 103 cm³/mol. The maximum Gasteiger partial charge on any atom is 0.406 e. The van der Waals surface area contributed by atoms with Gasteiger partial charge in [0.1, 0.15) is 18.6 Å². The topological polar surface area (TPSA) is 64.1 Å². The summed E-state index contributed by atoms with van der Waals surface area (Å²) in [5, 5.41) is 9.03. The van der Waals surface area contributed by atoms with Crippen molar-refractivity contribution in [2.75, 3.05) is 37.8 Å². The molecule has 0 aliphatic carbocycles. The molecule has 0 spiro atoms. The van der Waals surface area contributed by atoms with Crippen molar-refractivity contribution in [1.29, 1.82) is 0 Å². The number of carbonyl (C=O) groups is 2. The van der Waals surface area contributed by atoms with Gasteiger partial charge in [0, 0.05) is 12.2 Å². The summed E-state index contributed by atoms with van der Waals surface area (Å²) in [6, 6.07) is 9.32. The zero-order chi connectivity index (χ0) is 21.7. The molecular formula is C20H28F3N3O3. The summed E-state index contributed by atoms with van der Waals surface area (Å²) >= 11 is 0. The quantitative estimate of drug-likeness (QED) is 0.674. The average Bonchev–Trinajstić information content (AvgIpc) is 2.94. The van der Waals surface area contributed by atoms with Gasteiger partial charge in [-0.25, -0.2) is 0 Å². The number of rotatable bonds is 9. The molecule has 1 unspecified atom stereocenters. The monoisotopic (exact) mass is 415 g/mol. The number of aliphatic hydroxyl groups is 1. The van der Waals surface area contributed by atoms with Gasteiger partial charge in [0.05, 0.1) is 13.3 Å². The maximum absolute atomic E-state index is 13.3. The number of halogens is 3. The first-order valence-electron chi connectivity index (χ1n) is 9.76. The fraction of sp³-hybridized carbons (Fsp3) is 0.600. The van der Waals surface area contributed by atoms with Crippen molar-refractivity contribution in [2.45, 2.75) is 44.8 Å². The Morgan fingerprint density at radius 1 is 1.24 bits per heavy atom. The predicted octanol–water partition coefficient (Wildman–Crippen LogP) is 2.62. The van der Waals surface area contributed by atoms with Crippen molar-refractivity contribution in [2.24, 2.45) is 0 Å². The largest absolute Gasteiger partial charge is 0.406 e.